The quantitative estimate of drug-likeness (QED) is 0.644. The molecule has 0 aliphatic rings. The van der Waals surface area contributed by atoms with Gasteiger partial charge in [-0.15, -0.1) is 0 Å². The van der Waals surface area contributed by atoms with Crippen molar-refractivity contribution in [2.75, 3.05) is 7.11 Å². The van der Waals surface area contributed by atoms with Gasteiger partial charge in [0.2, 0.25) is 0 Å². The van der Waals surface area contributed by atoms with Crippen molar-refractivity contribution in [3.8, 4) is 5.75 Å². The second-order valence-corrected chi connectivity index (χ2v) is 5.81. The Kier molecular flexibility index (Phi) is 5.05. The molecular weight excluding hydrogens is 340 g/mol. The summed E-state index contributed by atoms with van der Waals surface area (Å²) in [5, 5.41) is 0.664. The van der Waals surface area contributed by atoms with Crippen molar-refractivity contribution in [3.63, 3.8) is 0 Å². The molecule has 3 N–H and O–H groups in total. The summed E-state index contributed by atoms with van der Waals surface area (Å²) in [6.45, 7) is 2.02. The molecule has 2 aromatic carbocycles. The summed E-state index contributed by atoms with van der Waals surface area (Å²) in [6, 6.07) is 11.5. The number of rotatable bonds is 4. The highest BCUT2D eigenvalue weighted by atomic mass is 79.9. The lowest BCUT2D eigenvalue weighted by atomic mass is 9.95. The molecule has 20 heavy (non-hydrogen) atoms. The number of methoxy groups -OCH3 is 1. The van der Waals surface area contributed by atoms with Crippen molar-refractivity contribution in [2.24, 2.45) is 5.84 Å². The van der Waals surface area contributed by atoms with E-state index in [2.05, 4.69) is 21.4 Å². The maximum atomic E-state index is 6.31. The van der Waals surface area contributed by atoms with Gasteiger partial charge in [-0.25, -0.2) is 5.43 Å². The molecule has 0 heterocycles. The summed E-state index contributed by atoms with van der Waals surface area (Å²) in [4.78, 5) is 0. The summed E-state index contributed by atoms with van der Waals surface area (Å²) in [5.74, 6) is 6.55. The predicted octanol–water partition coefficient (Wildman–Crippen LogP) is 3.97. The van der Waals surface area contributed by atoms with Gasteiger partial charge in [-0.2, -0.15) is 0 Å². The van der Waals surface area contributed by atoms with Crippen molar-refractivity contribution < 1.29 is 4.74 Å². The van der Waals surface area contributed by atoms with Crippen molar-refractivity contribution in [2.45, 2.75) is 13.0 Å². The van der Waals surface area contributed by atoms with Crippen LogP contribution in [0, 0.1) is 6.92 Å². The number of aryl methyl sites for hydroxylation is 1. The minimum atomic E-state index is -0.165. The van der Waals surface area contributed by atoms with Crippen LogP contribution in [0.15, 0.2) is 40.9 Å². The van der Waals surface area contributed by atoms with Gasteiger partial charge in [0.25, 0.3) is 0 Å². The molecule has 0 fully saturated rings. The zero-order valence-corrected chi connectivity index (χ0v) is 13.6. The Morgan fingerprint density at radius 2 is 1.90 bits per heavy atom. The van der Waals surface area contributed by atoms with Crippen molar-refractivity contribution in [1.82, 2.24) is 5.43 Å². The maximum absolute atomic E-state index is 6.31. The molecule has 0 radical (unpaired) electrons. The van der Waals surface area contributed by atoms with Gasteiger partial charge in [-0.1, -0.05) is 39.7 Å². The van der Waals surface area contributed by atoms with Crippen molar-refractivity contribution >= 4 is 27.5 Å². The summed E-state index contributed by atoms with van der Waals surface area (Å²) in [7, 11) is 1.65. The van der Waals surface area contributed by atoms with Crippen LogP contribution in [0.25, 0.3) is 0 Å². The lowest BCUT2D eigenvalue weighted by molar-refractivity contribution is 0.414. The number of ether oxygens (including phenoxy) is 1. The van der Waals surface area contributed by atoms with Gasteiger partial charge in [-0.3, -0.25) is 5.84 Å². The number of hydrazine groups is 1. The Morgan fingerprint density at radius 3 is 2.45 bits per heavy atom. The number of nitrogens with two attached hydrogens (primary N) is 1. The van der Waals surface area contributed by atoms with Crippen LogP contribution in [0.3, 0.4) is 0 Å². The van der Waals surface area contributed by atoms with Gasteiger partial charge in [0.15, 0.2) is 0 Å². The van der Waals surface area contributed by atoms with E-state index in [9.17, 15) is 0 Å². The van der Waals surface area contributed by atoms with Gasteiger partial charge < -0.3 is 4.74 Å². The van der Waals surface area contributed by atoms with E-state index >= 15 is 0 Å². The van der Waals surface area contributed by atoms with Gasteiger partial charge in [0.05, 0.1) is 13.2 Å². The Morgan fingerprint density at radius 1 is 1.20 bits per heavy atom. The lowest BCUT2D eigenvalue weighted by Gasteiger charge is -2.21. The van der Waals surface area contributed by atoms with Crippen LogP contribution in [0.5, 0.6) is 5.75 Å². The molecule has 0 spiro atoms. The minimum absolute atomic E-state index is 0.165. The minimum Gasteiger partial charge on any atom is -0.497 e. The molecule has 5 heteroatoms. The molecule has 0 aliphatic carbocycles. The number of hydrogen-bond acceptors (Lipinski definition) is 3. The first-order valence-electron chi connectivity index (χ1n) is 6.12. The van der Waals surface area contributed by atoms with Crippen LogP contribution in [0.1, 0.15) is 22.7 Å². The van der Waals surface area contributed by atoms with Gasteiger partial charge >= 0.3 is 0 Å². The van der Waals surface area contributed by atoms with E-state index in [0.29, 0.717) is 5.02 Å². The van der Waals surface area contributed by atoms with Crippen LogP contribution in [-0.4, -0.2) is 7.11 Å². The van der Waals surface area contributed by atoms with Gasteiger partial charge in [0, 0.05) is 9.50 Å². The van der Waals surface area contributed by atoms with Crippen molar-refractivity contribution in [1.29, 1.82) is 0 Å². The Labute approximate surface area is 132 Å². The zero-order chi connectivity index (χ0) is 14.7. The first-order chi connectivity index (χ1) is 9.56. The second-order valence-electron chi connectivity index (χ2n) is 4.49. The number of halogens is 2. The molecule has 0 saturated carbocycles. The fourth-order valence-electron chi connectivity index (χ4n) is 2.18. The molecule has 0 bridgehead atoms. The molecule has 0 aliphatic heterocycles. The third-order valence-corrected chi connectivity index (χ3v) is 4.05. The smallest absolute Gasteiger partial charge is 0.119 e. The molecule has 3 nitrogen and oxygen atoms in total. The Bertz CT molecular complexity index is 619. The first-order valence-corrected chi connectivity index (χ1v) is 7.29. The Balaban J connectivity index is 2.47. The fourth-order valence-corrected chi connectivity index (χ4v) is 2.96. The monoisotopic (exact) mass is 354 g/mol. The summed E-state index contributed by atoms with van der Waals surface area (Å²) in [6.07, 6.45) is 0. The van der Waals surface area contributed by atoms with Crippen LogP contribution in [0.4, 0.5) is 0 Å². The summed E-state index contributed by atoms with van der Waals surface area (Å²) in [5.41, 5.74) is 5.92. The second kappa shape index (κ2) is 6.59. The molecule has 0 amide bonds. The third-order valence-electron chi connectivity index (χ3n) is 3.23. The molecule has 1 unspecified atom stereocenters. The fraction of sp³-hybridized carbons (Fsp3) is 0.200. The highest BCUT2D eigenvalue weighted by molar-refractivity contribution is 9.10. The maximum Gasteiger partial charge on any atom is 0.119 e. The van der Waals surface area contributed by atoms with E-state index < -0.39 is 0 Å². The molecule has 1 atom stereocenters. The molecule has 2 aromatic rings. The lowest BCUT2D eigenvalue weighted by Crippen LogP contribution is -2.29. The predicted molar refractivity (Wildman–Crippen MR) is 86.0 cm³/mol. The number of benzene rings is 2. The molecular formula is C15H16BrClN2O. The van der Waals surface area contributed by atoms with E-state index in [1.165, 1.54) is 0 Å². The first kappa shape index (κ1) is 15.3. The molecule has 106 valence electrons. The van der Waals surface area contributed by atoms with E-state index in [1.54, 1.807) is 7.11 Å². The average molecular weight is 356 g/mol. The standard InChI is InChI=1S/C15H16BrClN2O/c1-9-7-11(20-2)4-6-12(9)15(19-18)13-5-3-10(16)8-14(13)17/h3-8,15,19H,18H2,1-2H3. The Hall–Kier alpha value is -1.07. The summed E-state index contributed by atoms with van der Waals surface area (Å²) < 4.78 is 6.16. The highest BCUT2D eigenvalue weighted by Crippen LogP contribution is 2.32. The average Bonchev–Trinajstić information content (AvgIpc) is 2.43. The van der Waals surface area contributed by atoms with Crippen LogP contribution in [0.2, 0.25) is 5.02 Å². The van der Waals surface area contributed by atoms with E-state index in [4.69, 9.17) is 22.2 Å². The normalized spacial score (nSPS) is 12.2. The number of hydrogen-bond donors (Lipinski definition) is 2. The van der Waals surface area contributed by atoms with E-state index in [-0.39, 0.29) is 6.04 Å². The topological polar surface area (TPSA) is 47.3 Å². The van der Waals surface area contributed by atoms with Gasteiger partial charge in [0.1, 0.15) is 5.75 Å². The highest BCUT2D eigenvalue weighted by Gasteiger charge is 2.18. The van der Waals surface area contributed by atoms with Gasteiger partial charge in [-0.05, 0) is 47.9 Å². The van der Waals surface area contributed by atoms with Crippen LogP contribution in [-0.2, 0) is 0 Å². The zero-order valence-electron chi connectivity index (χ0n) is 11.3. The van der Waals surface area contributed by atoms with Crippen LogP contribution >= 0.6 is 27.5 Å². The molecule has 0 aromatic heterocycles. The SMILES string of the molecule is COc1ccc(C(NN)c2ccc(Br)cc2Cl)c(C)c1. The van der Waals surface area contributed by atoms with E-state index in [0.717, 1.165) is 26.9 Å². The van der Waals surface area contributed by atoms with E-state index in [1.807, 2.05) is 43.3 Å². The largest absolute Gasteiger partial charge is 0.497 e. The van der Waals surface area contributed by atoms with Crippen molar-refractivity contribution in [3.05, 3.63) is 62.6 Å². The summed E-state index contributed by atoms with van der Waals surface area (Å²) >= 11 is 9.72. The molecule has 2 rings (SSSR count). The molecule has 0 saturated heterocycles. The third kappa shape index (κ3) is 3.15. The van der Waals surface area contributed by atoms with Crippen LogP contribution < -0.4 is 16.0 Å². The number of nitrogens with one attached hydrogen (secondary N) is 1.